The fourth-order valence-electron chi connectivity index (χ4n) is 3.02. The molecular weight excluding hydrogens is 307 g/mol. The molecule has 4 nitrogen and oxygen atoms in total. The molecule has 2 aromatic carbocycles. The van der Waals surface area contributed by atoms with Crippen molar-refractivity contribution in [2.45, 2.75) is 25.8 Å². The zero-order chi connectivity index (χ0) is 17.1. The van der Waals surface area contributed by atoms with Gasteiger partial charge in [0.15, 0.2) is 0 Å². The number of anilines is 1. The Morgan fingerprint density at radius 2 is 1.96 bits per heavy atom. The Labute approximate surface area is 140 Å². The summed E-state index contributed by atoms with van der Waals surface area (Å²) in [6.07, 6.45) is 1.31. The SMILES string of the molecule is Cc1cccc(NC(=O)[C@@H]2CCCN2C(=O)c2ccccc2F)c1. The Morgan fingerprint density at radius 3 is 2.71 bits per heavy atom. The maximum absolute atomic E-state index is 13.9. The van der Waals surface area contributed by atoms with Gasteiger partial charge in [0.25, 0.3) is 5.91 Å². The van der Waals surface area contributed by atoms with Crippen molar-refractivity contribution in [2.75, 3.05) is 11.9 Å². The summed E-state index contributed by atoms with van der Waals surface area (Å²) in [5.74, 6) is -1.23. The van der Waals surface area contributed by atoms with Crippen molar-refractivity contribution < 1.29 is 14.0 Å². The number of halogens is 1. The van der Waals surface area contributed by atoms with Gasteiger partial charge in [-0.3, -0.25) is 9.59 Å². The van der Waals surface area contributed by atoms with Crippen LogP contribution < -0.4 is 5.32 Å². The molecule has 24 heavy (non-hydrogen) atoms. The first kappa shape index (κ1) is 16.2. The Hall–Kier alpha value is -2.69. The van der Waals surface area contributed by atoms with Crippen molar-refractivity contribution in [1.82, 2.24) is 4.90 Å². The van der Waals surface area contributed by atoms with E-state index >= 15 is 0 Å². The van der Waals surface area contributed by atoms with Gasteiger partial charge in [-0.2, -0.15) is 0 Å². The molecule has 1 N–H and O–H groups in total. The molecule has 1 heterocycles. The lowest BCUT2D eigenvalue weighted by molar-refractivity contribution is -0.119. The van der Waals surface area contributed by atoms with Crippen molar-refractivity contribution in [3.05, 3.63) is 65.5 Å². The molecule has 2 amide bonds. The van der Waals surface area contributed by atoms with E-state index in [1.165, 1.54) is 23.1 Å². The minimum absolute atomic E-state index is 0.00718. The van der Waals surface area contributed by atoms with Crippen LogP contribution in [0, 0.1) is 12.7 Å². The molecule has 1 saturated heterocycles. The second kappa shape index (κ2) is 6.83. The van der Waals surface area contributed by atoms with Crippen LogP contribution in [0.25, 0.3) is 0 Å². The summed E-state index contributed by atoms with van der Waals surface area (Å²) in [6, 6.07) is 12.8. The van der Waals surface area contributed by atoms with Gasteiger partial charge in [-0.15, -0.1) is 0 Å². The number of aryl methyl sites for hydroxylation is 1. The molecule has 0 unspecified atom stereocenters. The van der Waals surface area contributed by atoms with Gasteiger partial charge in [0.05, 0.1) is 5.56 Å². The second-order valence-electron chi connectivity index (χ2n) is 6.00. The molecule has 2 aromatic rings. The van der Waals surface area contributed by atoms with Crippen molar-refractivity contribution in [2.24, 2.45) is 0 Å². The highest BCUT2D eigenvalue weighted by atomic mass is 19.1. The normalized spacial score (nSPS) is 16.9. The summed E-state index contributed by atoms with van der Waals surface area (Å²) < 4.78 is 13.9. The molecule has 0 saturated carbocycles. The number of hydrogen-bond acceptors (Lipinski definition) is 2. The summed E-state index contributed by atoms with van der Waals surface area (Å²) >= 11 is 0. The lowest BCUT2D eigenvalue weighted by Crippen LogP contribution is -2.43. The average Bonchev–Trinajstić information content (AvgIpc) is 3.04. The third kappa shape index (κ3) is 3.30. The minimum Gasteiger partial charge on any atom is -0.327 e. The van der Waals surface area contributed by atoms with Crippen LogP contribution in [0.1, 0.15) is 28.8 Å². The van der Waals surface area contributed by atoms with Crippen molar-refractivity contribution in [3.63, 3.8) is 0 Å². The first-order valence-corrected chi connectivity index (χ1v) is 7.99. The molecule has 0 spiro atoms. The Kier molecular flexibility index (Phi) is 4.60. The number of benzene rings is 2. The fraction of sp³-hybridized carbons (Fsp3) is 0.263. The first-order chi connectivity index (χ1) is 11.6. The van der Waals surface area contributed by atoms with Gasteiger partial charge in [-0.1, -0.05) is 24.3 Å². The molecular formula is C19H19FN2O2. The molecule has 1 aliphatic rings. The van der Waals surface area contributed by atoms with E-state index in [0.29, 0.717) is 18.7 Å². The van der Waals surface area contributed by atoms with Crippen LogP contribution in [0.15, 0.2) is 48.5 Å². The van der Waals surface area contributed by atoms with Gasteiger partial charge >= 0.3 is 0 Å². The highest BCUT2D eigenvalue weighted by Gasteiger charge is 2.35. The second-order valence-corrected chi connectivity index (χ2v) is 6.00. The largest absolute Gasteiger partial charge is 0.327 e. The highest BCUT2D eigenvalue weighted by Crippen LogP contribution is 2.23. The van der Waals surface area contributed by atoms with Gasteiger partial charge < -0.3 is 10.2 Å². The van der Waals surface area contributed by atoms with Gasteiger partial charge in [-0.25, -0.2) is 4.39 Å². The lowest BCUT2D eigenvalue weighted by atomic mass is 10.1. The summed E-state index contributed by atoms with van der Waals surface area (Å²) in [4.78, 5) is 26.6. The fourth-order valence-corrected chi connectivity index (χ4v) is 3.02. The molecule has 0 bridgehead atoms. The van der Waals surface area contributed by atoms with Gasteiger partial charge in [-0.05, 0) is 49.6 Å². The van der Waals surface area contributed by atoms with E-state index in [0.717, 1.165) is 12.0 Å². The van der Waals surface area contributed by atoms with Crippen LogP contribution in [-0.2, 0) is 4.79 Å². The van der Waals surface area contributed by atoms with E-state index in [9.17, 15) is 14.0 Å². The maximum atomic E-state index is 13.9. The van der Waals surface area contributed by atoms with Crippen LogP contribution in [0.3, 0.4) is 0 Å². The highest BCUT2D eigenvalue weighted by molar-refractivity contribution is 6.01. The third-order valence-corrected chi connectivity index (χ3v) is 4.21. The van der Waals surface area contributed by atoms with E-state index in [4.69, 9.17) is 0 Å². The Balaban J connectivity index is 1.76. The topological polar surface area (TPSA) is 49.4 Å². The summed E-state index contributed by atoms with van der Waals surface area (Å²) in [5, 5.41) is 2.85. The minimum atomic E-state index is -0.572. The smallest absolute Gasteiger partial charge is 0.257 e. The number of rotatable bonds is 3. The molecule has 0 radical (unpaired) electrons. The van der Waals surface area contributed by atoms with Crippen molar-refractivity contribution in [3.8, 4) is 0 Å². The van der Waals surface area contributed by atoms with E-state index in [2.05, 4.69) is 5.32 Å². The van der Waals surface area contributed by atoms with Gasteiger partial charge in [0.2, 0.25) is 5.91 Å². The quantitative estimate of drug-likeness (QED) is 0.940. The number of amides is 2. The zero-order valence-electron chi connectivity index (χ0n) is 13.5. The maximum Gasteiger partial charge on any atom is 0.257 e. The first-order valence-electron chi connectivity index (χ1n) is 7.99. The van der Waals surface area contributed by atoms with Crippen LogP contribution in [0.2, 0.25) is 0 Å². The molecule has 0 aliphatic carbocycles. The summed E-state index contributed by atoms with van der Waals surface area (Å²) in [7, 11) is 0. The number of nitrogens with zero attached hydrogens (tertiary/aromatic N) is 1. The number of nitrogens with one attached hydrogen (secondary N) is 1. The van der Waals surface area contributed by atoms with Crippen molar-refractivity contribution >= 4 is 17.5 Å². The van der Waals surface area contributed by atoms with E-state index in [1.807, 2.05) is 31.2 Å². The predicted octanol–water partition coefficient (Wildman–Crippen LogP) is 3.38. The van der Waals surface area contributed by atoms with E-state index in [-0.39, 0.29) is 11.5 Å². The number of carbonyl (C=O) groups excluding carboxylic acids is 2. The summed E-state index contributed by atoms with van der Waals surface area (Å²) in [6.45, 7) is 2.40. The molecule has 0 aromatic heterocycles. The molecule has 1 atom stereocenters. The lowest BCUT2D eigenvalue weighted by Gasteiger charge is -2.24. The zero-order valence-corrected chi connectivity index (χ0v) is 13.5. The van der Waals surface area contributed by atoms with Crippen LogP contribution in [-0.4, -0.2) is 29.3 Å². The van der Waals surface area contributed by atoms with Crippen LogP contribution >= 0.6 is 0 Å². The number of carbonyl (C=O) groups is 2. The molecule has 1 aliphatic heterocycles. The number of likely N-dealkylation sites (tertiary alicyclic amines) is 1. The van der Waals surface area contributed by atoms with Crippen molar-refractivity contribution in [1.29, 1.82) is 0 Å². The van der Waals surface area contributed by atoms with Crippen LogP contribution in [0.5, 0.6) is 0 Å². The molecule has 5 heteroatoms. The van der Waals surface area contributed by atoms with Gasteiger partial charge in [0, 0.05) is 12.2 Å². The monoisotopic (exact) mass is 326 g/mol. The number of hydrogen-bond donors (Lipinski definition) is 1. The third-order valence-electron chi connectivity index (χ3n) is 4.21. The van der Waals surface area contributed by atoms with E-state index in [1.54, 1.807) is 6.07 Å². The van der Waals surface area contributed by atoms with Gasteiger partial charge in [0.1, 0.15) is 11.9 Å². The molecule has 1 fully saturated rings. The predicted molar refractivity (Wildman–Crippen MR) is 90.3 cm³/mol. The summed E-state index contributed by atoms with van der Waals surface area (Å²) in [5.41, 5.74) is 1.75. The molecule has 3 rings (SSSR count). The average molecular weight is 326 g/mol. The standard InChI is InChI=1S/C19H19FN2O2/c1-13-6-4-7-14(12-13)21-18(23)17-10-5-11-22(17)19(24)15-8-2-3-9-16(15)20/h2-4,6-9,12,17H,5,10-11H2,1H3,(H,21,23)/t17-/m0/s1. The molecule has 124 valence electrons. The van der Waals surface area contributed by atoms with Crippen LogP contribution in [0.4, 0.5) is 10.1 Å². The Morgan fingerprint density at radius 1 is 1.17 bits per heavy atom. The van der Waals surface area contributed by atoms with E-state index < -0.39 is 17.8 Å². The Bertz CT molecular complexity index is 775.